The van der Waals surface area contributed by atoms with Crippen LogP contribution in [0.5, 0.6) is 0 Å². The fourth-order valence-electron chi connectivity index (χ4n) is 2.98. The molecule has 0 unspecified atom stereocenters. The van der Waals surface area contributed by atoms with Gasteiger partial charge in [-0.15, -0.1) is 0 Å². The predicted octanol–water partition coefficient (Wildman–Crippen LogP) is 2.60. The number of carbonyl (C=O) groups excluding carboxylic acids is 1. The van der Waals surface area contributed by atoms with Crippen molar-refractivity contribution >= 4 is 21.6 Å². The molecule has 0 radical (unpaired) electrons. The minimum atomic E-state index is -3.71. The van der Waals surface area contributed by atoms with Crippen LogP contribution >= 0.6 is 0 Å². The Kier molecular flexibility index (Phi) is 4.62. The number of hydrogen-bond acceptors (Lipinski definition) is 4. The van der Waals surface area contributed by atoms with Crippen molar-refractivity contribution in [2.45, 2.75) is 19.8 Å². The van der Waals surface area contributed by atoms with Crippen LogP contribution in [0.1, 0.15) is 24.0 Å². The standard InChI is InChI=1S/C18H18FNO4S/c1-11-9-12(3-5-16(11)19)13-4-6-17(25(22,23)20-2)15(10-13)14-7-8-24-18(14)21/h3-6,9,20H,7-8,10H2,1-2H3. The second kappa shape index (κ2) is 6.57. The highest BCUT2D eigenvalue weighted by Gasteiger charge is 2.31. The quantitative estimate of drug-likeness (QED) is 0.662. The minimum Gasteiger partial charge on any atom is -0.462 e. The highest BCUT2D eigenvalue weighted by molar-refractivity contribution is 7.93. The van der Waals surface area contributed by atoms with Crippen LogP contribution in [0, 0.1) is 12.7 Å². The third-order valence-corrected chi connectivity index (χ3v) is 5.88. The van der Waals surface area contributed by atoms with Crippen molar-refractivity contribution in [3.63, 3.8) is 0 Å². The SMILES string of the molecule is CNS(=O)(=O)C1=CC=C(c2ccc(F)c(C)c2)CC1=C1CCOC1=O. The molecule has 1 aromatic carbocycles. The summed E-state index contributed by atoms with van der Waals surface area (Å²) in [7, 11) is -2.38. The van der Waals surface area contributed by atoms with Gasteiger partial charge in [0.15, 0.2) is 0 Å². The number of allylic oxidation sites excluding steroid dienone is 4. The number of aryl methyl sites for hydroxylation is 1. The summed E-state index contributed by atoms with van der Waals surface area (Å²) in [5.74, 6) is -0.782. The maximum Gasteiger partial charge on any atom is 0.334 e. The highest BCUT2D eigenvalue weighted by Crippen LogP contribution is 2.37. The molecule has 1 fully saturated rings. The second-order valence-electron chi connectivity index (χ2n) is 5.91. The van der Waals surface area contributed by atoms with Gasteiger partial charge in [-0.05, 0) is 60.9 Å². The summed E-state index contributed by atoms with van der Waals surface area (Å²) in [5, 5.41) is 0. The number of esters is 1. The summed E-state index contributed by atoms with van der Waals surface area (Å²) in [6, 6.07) is 4.74. The molecular formula is C18H18FNO4S. The molecule has 0 spiro atoms. The number of nitrogens with one attached hydrogen (secondary N) is 1. The average Bonchev–Trinajstić information content (AvgIpc) is 3.02. The zero-order valence-electron chi connectivity index (χ0n) is 13.9. The lowest BCUT2D eigenvalue weighted by atomic mass is 9.90. The van der Waals surface area contributed by atoms with Gasteiger partial charge in [0.25, 0.3) is 0 Å². The molecule has 0 atom stereocenters. The molecular weight excluding hydrogens is 345 g/mol. The van der Waals surface area contributed by atoms with E-state index in [-0.39, 0.29) is 23.8 Å². The van der Waals surface area contributed by atoms with E-state index in [1.807, 2.05) is 0 Å². The van der Waals surface area contributed by atoms with E-state index in [9.17, 15) is 17.6 Å². The topological polar surface area (TPSA) is 72.5 Å². The molecule has 2 aliphatic rings. The number of halogens is 1. The van der Waals surface area contributed by atoms with Gasteiger partial charge in [0.1, 0.15) is 5.82 Å². The maximum absolute atomic E-state index is 13.5. The molecule has 1 aromatic rings. The number of ether oxygens (including phenoxy) is 1. The van der Waals surface area contributed by atoms with Crippen LogP contribution in [-0.4, -0.2) is 28.0 Å². The van der Waals surface area contributed by atoms with Gasteiger partial charge in [0.2, 0.25) is 10.0 Å². The van der Waals surface area contributed by atoms with Crippen molar-refractivity contribution in [1.29, 1.82) is 0 Å². The average molecular weight is 363 g/mol. The largest absolute Gasteiger partial charge is 0.462 e. The Hall–Kier alpha value is -2.25. The van der Waals surface area contributed by atoms with E-state index in [0.717, 1.165) is 11.1 Å². The van der Waals surface area contributed by atoms with Crippen LogP contribution in [-0.2, 0) is 19.6 Å². The van der Waals surface area contributed by atoms with Gasteiger partial charge in [-0.25, -0.2) is 22.3 Å². The van der Waals surface area contributed by atoms with Crippen molar-refractivity contribution < 1.29 is 22.3 Å². The lowest BCUT2D eigenvalue weighted by molar-refractivity contribution is -0.135. The number of cyclic esters (lactones) is 1. The van der Waals surface area contributed by atoms with E-state index in [1.54, 1.807) is 25.1 Å². The van der Waals surface area contributed by atoms with Gasteiger partial charge in [-0.2, -0.15) is 0 Å². The summed E-state index contributed by atoms with van der Waals surface area (Å²) < 4.78 is 45.4. The normalized spacial score (nSPS) is 21.0. The van der Waals surface area contributed by atoms with Crippen molar-refractivity contribution in [3.8, 4) is 0 Å². The molecule has 1 aliphatic heterocycles. The molecule has 3 rings (SSSR count). The van der Waals surface area contributed by atoms with Crippen LogP contribution < -0.4 is 4.72 Å². The molecule has 1 saturated heterocycles. The van der Waals surface area contributed by atoms with Gasteiger partial charge >= 0.3 is 5.97 Å². The Balaban J connectivity index is 2.13. The van der Waals surface area contributed by atoms with E-state index >= 15 is 0 Å². The van der Waals surface area contributed by atoms with Crippen LogP contribution in [0.3, 0.4) is 0 Å². The lowest BCUT2D eigenvalue weighted by Crippen LogP contribution is -2.23. The monoisotopic (exact) mass is 363 g/mol. The number of hydrogen-bond donors (Lipinski definition) is 1. The zero-order valence-corrected chi connectivity index (χ0v) is 14.7. The van der Waals surface area contributed by atoms with Gasteiger partial charge in [0.05, 0.1) is 11.5 Å². The Morgan fingerprint density at radius 1 is 1.20 bits per heavy atom. The molecule has 1 N–H and O–H groups in total. The summed E-state index contributed by atoms with van der Waals surface area (Å²) in [4.78, 5) is 12.1. The molecule has 132 valence electrons. The van der Waals surface area contributed by atoms with Crippen molar-refractivity contribution in [2.75, 3.05) is 13.7 Å². The van der Waals surface area contributed by atoms with Crippen LogP contribution in [0.2, 0.25) is 0 Å². The zero-order chi connectivity index (χ0) is 18.2. The minimum absolute atomic E-state index is 0.0754. The molecule has 0 amide bonds. The first-order valence-corrected chi connectivity index (χ1v) is 9.32. The first-order valence-electron chi connectivity index (χ1n) is 7.84. The molecule has 0 bridgehead atoms. The molecule has 25 heavy (non-hydrogen) atoms. The lowest BCUT2D eigenvalue weighted by Gasteiger charge is -2.20. The number of benzene rings is 1. The number of sulfonamides is 1. The third kappa shape index (κ3) is 3.29. The van der Waals surface area contributed by atoms with Gasteiger partial charge in [-0.1, -0.05) is 12.1 Å². The Bertz CT molecular complexity index is 942. The first kappa shape index (κ1) is 17.6. The fraction of sp³-hybridized carbons (Fsp3) is 0.278. The van der Waals surface area contributed by atoms with Crippen LogP contribution in [0.15, 0.2) is 46.4 Å². The number of carbonyl (C=O) groups is 1. The Morgan fingerprint density at radius 2 is 1.96 bits per heavy atom. The van der Waals surface area contributed by atoms with Crippen molar-refractivity contribution in [3.05, 3.63) is 63.3 Å². The molecule has 7 heteroatoms. The van der Waals surface area contributed by atoms with E-state index in [1.165, 1.54) is 19.2 Å². The van der Waals surface area contributed by atoms with Gasteiger partial charge in [0, 0.05) is 12.0 Å². The Morgan fingerprint density at radius 3 is 2.56 bits per heavy atom. The summed E-state index contributed by atoms with van der Waals surface area (Å²) in [6.45, 7) is 1.92. The third-order valence-electron chi connectivity index (χ3n) is 4.38. The molecule has 1 heterocycles. The van der Waals surface area contributed by atoms with Gasteiger partial charge in [-0.3, -0.25) is 0 Å². The van der Waals surface area contributed by atoms with Crippen LogP contribution in [0.25, 0.3) is 5.57 Å². The summed E-state index contributed by atoms with van der Waals surface area (Å²) >= 11 is 0. The van der Waals surface area contributed by atoms with E-state index in [2.05, 4.69) is 4.72 Å². The predicted molar refractivity (Wildman–Crippen MR) is 92.4 cm³/mol. The van der Waals surface area contributed by atoms with Crippen LogP contribution in [0.4, 0.5) is 4.39 Å². The molecule has 1 aliphatic carbocycles. The van der Waals surface area contributed by atoms with Gasteiger partial charge < -0.3 is 4.74 Å². The molecule has 5 nitrogen and oxygen atoms in total. The number of rotatable bonds is 3. The van der Waals surface area contributed by atoms with E-state index in [0.29, 0.717) is 23.1 Å². The second-order valence-corrected chi connectivity index (χ2v) is 7.77. The summed E-state index contributed by atoms with van der Waals surface area (Å²) in [6.07, 6.45) is 3.82. The molecule has 0 aromatic heterocycles. The molecule has 0 saturated carbocycles. The Labute approximate surface area is 145 Å². The van der Waals surface area contributed by atoms with Crippen molar-refractivity contribution in [1.82, 2.24) is 4.72 Å². The fourth-order valence-corrected chi connectivity index (χ4v) is 3.97. The van der Waals surface area contributed by atoms with E-state index in [4.69, 9.17) is 4.74 Å². The summed E-state index contributed by atoms with van der Waals surface area (Å²) in [5.41, 5.74) is 2.94. The maximum atomic E-state index is 13.5. The first-order chi connectivity index (χ1) is 11.8. The highest BCUT2D eigenvalue weighted by atomic mass is 32.2. The van der Waals surface area contributed by atoms with Crippen molar-refractivity contribution in [2.24, 2.45) is 0 Å². The van der Waals surface area contributed by atoms with E-state index < -0.39 is 16.0 Å². The smallest absolute Gasteiger partial charge is 0.334 e.